The Morgan fingerprint density at radius 3 is 2.70 bits per heavy atom. The molecular formula is C23H30IN5S. The van der Waals surface area contributed by atoms with Crippen LogP contribution in [0.5, 0.6) is 0 Å². The van der Waals surface area contributed by atoms with E-state index in [1.54, 1.807) is 0 Å². The van der Waals surface area contributed by atoms with E-state index in [1.807, 2.05) is 18.5 Å². The summed E-state index contributed by atoms with van der Waals surface area (Å²) in [5.74, 6) is 2.20. The van der Waals surface area contributed by atoms with Crippen molar-refractivity contribution >= 4 is 52.7 Å². The van der Waals surface area contributed by atoms with Gasteiger partial charge in [-0.05, 0) is 48.8 Å². The average molecular weight is 535 g/mol. The van der Waals surface area contributed by atoms with Crippen molar-refractivity contribution in [3.05, 3.63) is 66.0 Å². The van der Waals surface area contributed by atoms with E-state index in [4.69, 9.17) is 4.99 Å². The molecule has 3 aromatic rings. The van der Waals surface area contributed by atoms with E-state index >= 15 is 0 Å². The lowest BCUT2D eigenvalue weighted by Gasteiger charge is -2.14. The highest BCUT2D eigenvalue weighted by Gasteiger charge is 2.15. The number of rotatable bonds is 7. The van der Waals surface area contributed by atoms with Gasteiger partial charge in [0.05, 0.1) is 23.9 Å². The zero-order chi connectivity index (χ0) is 19.9. The summed E-state index contributed by atoms with van der Waals surface area (Å²) >= 11 is 2.07. The number of imidazole rings is 1. The highest BCUT2D eigenvalue weighted by molar-refractivity contribution is 14.0. The van der Waals surface area contributed by atoms with Gasteiger partial charge in [0.25, 0.3) is 0 Å². The van der Waals surface area contributed by atoms with Crippen LogP contribution in [0, 0.1) is 0 Å². The number of guanidine groups is 1. The molecule has 1 atom stereocenters. The van der Waals surface area contributed by atoms with E-state index < -0.39 is 0 Å². The van der Waals surface area contributed by atoms with Crippen molar-refractivity contribution in [3.8, 4) is 0 Å². The van der Waals surface area contributed by atoms with Gasteiger partial charge < -0.3 is 15.2 Å². The molecule has 0 bridgehead atoms. The summed E-state index contributed by atoms with van der Waals surface area (Å²) in [7, 11) is 0. The molecule has 160 valence electrons. The van der Waals surface area contributed by atoms with Gasteiger partial charge in [0.2, 0.25) is 0 Å². The molecule has 7 heteroatoms. The van der Waals surface area contributed by atoms with Gasteiger partial charge in [-0.3, -0.25) is 0 Å². The van der Waals surface area contributed by atoms with Crippen LogP contribution >= 0.6 is 35.7 Å². The van der Waals surface area contributed by atoms with Crippen LogP contribution in [0.3, 0.4) is 0 Å². The minimum atomic E-state index is 0. The molecule has 2 aromatic carbocycles. The Kier molecular flexibility index (Phi) is 8.87. The van der Waals surface area contributed by atoms with Crippen molar-refractivity contribution in [2.45, 2.75) is 38.1 Å². The van der Waals surface area contributed by atoms with Gasteiger partial charge in [-0.25, -0.2) is 9.98 Å². The SMILES string of the molecule is CCNC(=NCc1ccc(Cn2cnc3ccccc32)cc1)NCC1CCCS1.I. The lowest BCUT2D eigenvalue weighted by atomic mass is 10.1. The number of thioether (sulfide) groups is 1. The second-order valence-electron chi connectivity index (χ2n) is 7.39. The number of aliphatic imine (C=N–C) groups is 1. The first-order valence-electron chi connectivity index (χ1n) is 10.4. The highest BCUT2D eigenvalue weighted by atomic mass is 127. The molecule has 1 saturated heterocycles. The van der Waals surface area contributed by atoms with Crippen molar-refractivity contribution < 1.29 is 0 Å². The Morgan fingerprint density at radius 2 is 1.93 bits per heavy atom. The molecule has 0 spiro atoms. The molecule has 30 heavy (non-hydrogen) atoms. The lowest BCUT2D eigenvalue weighted by Crippen LogP contribution is -2.40. The number of aromatic nitrogens is 2. The number of nitrogens with zero attached hydrogens (tertiary/aromatic N) is 3. The van der Waals surface area contributed by atoms with Gasteiger partial charge in [-0.1, -0.05) is 36.4 Å². The average Bonchev–Trinajstić information content (AvgIpc) is 3.42. The van der Waals surface area contributed by atoms with Gasteiger partial charge in [0.15, 0.2) is 5.96 Å². The molecule has 0 amide bonds. The maximum absolute atomic E-state index is 4.76. The minimum absolute atomic E-state index is 0. The Balaban J connectivity index is 0.00000256. The summed E-state index contributed by atoms with van der Waals surface area (Å²) in [4.78, 5) is 9.24. The fourth-order valence-corrected chi connectivity index (χ4v) is 4.81. The van der Waals surface area contributed by atoms with Crippen LogP contribution in [-0.2, 0) is 13.1 Å². The van der Waals surface area contributed by atoms with Crippen molar-refractivity contribution in [3.63, 3.8) is 0 Å². The fourth-order valence-electron chi connectivity index (χ4n) is 3.61. The molecular weight excluding hydrogens is 505 g/mol. The predicted octanol–water partition coefficient (Wildman–Crippen LogP) is 4.65. The number of hydrogen-bond donors (Lipinski definition) is 2. The summed E-state index contributed by atoms with van der Waals surface area (Å²) in [6.07, 6.45) is 4.57. The number of para-hydroxylation sites is 2. The van der Waals surface area contributed by atoms with Crippen molar-refractivity contribution in [2.75, 3.05) is 18.8 Å². The number of fused-ring (bicyclic) bond motifs is 1. The van der Waals surface area contributed by atoms with Crippen molar-refractivity contribution in [1.29, 1.82) is 0 Å². The van der Waals surface area contributed by atoms with Crippen molar-refractivity contribution in [1.82, 2.24) is 20.2 Å². The van der Waals surface area contributed by atoms with E-state index in [9.17, 15) is 0 Å². The molecule has 1 unspecified atom stereocenters. The summed E-state index contributed by atoms with van der Waals surface area (Å²) < 4.78 is 2.19. The largest absolute Gasteiger partial charge is 0.357 e. The lowest BCUT2D eigenvalue weighted by molar-refractivity contribution is 0.727. The summed E-state index contributed by atoms with van der Waals surface area (Å²) in [6.45, 7) is 5.49. The monoisotopic (exact) mass is 535 g/mol. The minimum Gasteiger partial charge on any atom is -0.357 e. The smallest absolute Gasteiger partial charge is 0.191 e. The highest BCUT2D eigenvalue weighted by Crippen LogP contribution is 2.25. The molecule has 5 nitrogen and oxygen atoms in total. The predicted molar refractivity (Wildman–Crippen MR) is 139 cm³/mol. The molecule has 2 heterocycles. The normalized spacial score (nSPS) is 16.4. The summed E-state index contributed by atoms with van der Waals surface area (Å²) in [5.41, 5.74) is 4.70. The second-order valence-corrected chi connectivity index (χ2v) is 8.80. The standard InChI is InChI=1S/C23H29N5S.HI/c1-2-24-23(26-15-20-6-5-13-29-20)25-14-18-9-11-19(12-10-18)16-28-17-27-21-7-3-4-8-22(21)28;/h3-4,7-12,17,20H,2,5-6,13-16H2,1H3,(H2,24,25,26);1H. The van der Waals surface area contributed by atoms with E-state index in [0.717, 1.165) is 36.4 Å². The van der Waals surface area contributed by atoms with E-state index in [-0.39, 0.29) is 24.0 Å². The zero-order valence-electron chi connectivity index (χ0n) is 17.4. The van der Waals surface area contributed by atoms with Gasteiger partial charge >= 0.3 is 0 Å². The van der Waals surface area contributed by atoms with Crippen LogP contribution in [0.1, 0.15) is 30.9 Å². The molecule has 2 N–H and O–H groups in total. The van der Waals surface area contributed by atoms with E-state index in [2.05, 4.69) is 75.3 Å². The van der Waals surface area contributed by atoms with Crippen LogP contribution in [0.4, 0.5) is 0 Å². The van der Waals surface area contributed by atoms with Crippen LogP contribution in [0.2, 0.25) is 0 Å². The van der Waals surface area contributed by atoms with Gasteiger partial charge in [-0.15, -0.1) is 24.0 Å². The van der Waals surface area contributed by atoms with Crippen LogP contribution in [0.15, 0.2) is 59.9 Å². The van der Waals surface area contributed by atoms with Gasteiger partial charge in [-0.2, -0.15) is 11.8 Å². The van der Waals surface area contributed by atoms with Crippen LogP contribution in [-0.4, -0.2) is 39.6 Å². The third-order valence-corrected chi connectivity index (χ3v) is 6.59. The number of halogens is 1. The Morgan fingerprint density at radius 1 is 1.13 bits per heavy atom. The van der Waals surface area contributed by atoms with Crippen LogP contribution < -0.4 is 10.6 Å². The molecule has 0 radical (unpaired) electrons. The molecule has 0 saturated carbocycles. The third kappa shape index (κ3) is 6.14. The topological polar surface area (TPSA) is 54.2 Å². The Labute approximate surface area is 200 Å². The molecule has 1 aromatic heterocycles. The molecule has 4 rings (SSSR count). The third-order valence-electron chi connectivity index (χ3n) is 5.19. The first-order chi connectivity index (χ1) is 14.3. The fraction of sp³-hybridized carbons (Fsp3) is 0.391. The van der Waals surface area contributed by atoms with E-state index in [1.165, 1.54) is 35.2 Å². The molecule has 1 aliphatic rings. The van der Waals surface area contributed by atoms with E-state index in [0.29, 0.717) is 6.54 Å². The quantitative estimate of drug-likeness (QED) is 0.263. The van der Waals surface area contributed by atoms with Gasteiger partial charge in [0.1, 0.15) is 0 Å². The number of nitrogens with one attached hydrogen (secondary N) is 2. The molecule has 1 fully saturated rings. The summed E-state index contributed by atoms with van der Waals surface area (Å²) in [5, 5.41) is 7.57. The van der Waals surface area contributed by atoms with Crippen LogP contribution in [0.25, 0.3) is 11.0 Å². The Hall–Kier alpha value is -1.74. The zero-order valence-corrected chi connectivity index (χ0v) is 20.5. The van der Waals surface area contributed by atoms with Crippen molar-refractivity contribution in [2.24, 2.45) is 4.99 Å². The van der Waals surface area contributed by atoms with Gasteiger partial charge in [0, 0.05) is 24.9 Å². The second kappa shape index (κ2) is 11.6. The first kappa shape index (κ1) is 22.9. The molecule has 1 aliphatic heterocycles. The molecule has 0 aliphatic carbocycles. The summed E-state index contributed by atoms with van der Waals surface area (Å²) in [6, 6.07) is 17.0. The Bertz CT molecular complexity index is 948. The maximum atomic E-state index is 4.76. The maximum Gasteiger partial charge on any atom is 0.191 e. The number of benzene rings is 2. The first-order valence-corrected chi connectivity index (χ1v) is 11.5. The number of hydrogen-bond acceptors (Lipinski definition) is 3.